The Morgan fingerprint density at radius 1 is 1.20 bits per heavy atom. The molecule has 0 radical (unpaired) electrons. The van der Waals surface area contributed by atoms with Crippen molar-refractivity contribution in [2.24, 2.45) is 11.5 Å². The third kappa shape index (κ3) is 3.43. The lowest BCUT2D eigenvalue weighted by Gasteiger charge is -1.87. The maximum absolute atomic E-state index is 10.2. The molecule has 0 rings (SSSR count). The number of hydrogen-bond acceptors (Lipinski definition) is 2. The summed E-state index contributed by atoms with van der Waals surface area (Å²) in [5, 5.41) is 0. The van der Waals surface area contributed by atoms with Gasteiger partial charge in [0.1, 0.15) is 0 Å². The Labute approximate surface area is 58.2 Å². The van der Waals surface area contributed by atoms with Crippen LogP contribution in [0, 0.1) is 0 Å². The van der Waals surface area contributed by atoms with Crippen LogP contribution in [0.4, 0.5) is 0 Å². The van der Waals surface area contributed by atoms with Crippen molar-refractivity contribution in [2.75, 3.05) is 0 Å². The molecule has 0 aromatic heterocycles. The summed E-state index contributed by atoms with van der Waals surface area (Å²) in [7, 11) is 0. The monoisotopic (exact) mass is 140 g/mol. The van der Waals surface area contributed by atoms with E-state index in [0.717, 1.165) is 6.08 Å². The van der Waals surface area contributed by atoms with Gasteiger partial charge in [-0.2, -0.15) is 0 Å². The van der Waals surface area contributed by atoms with Crippen LogP contribution in [-0.4, -0.2) is 11.8 Å². The molecule has 4 nitrogen and oxygen atoms in total. The number of rotatable bonds is 3. The minimum Gasteiger partial charge on any atom is -0.366 e. The van der Waals surface area contributed by atoms with Gasteiger partial charge in [0.2, 0.25) is 11.8 Å². The molecule has 0 fully saturated rings. The van der Waals surface area contributed by atoms with Gasteiger partial charge < -0.3 is 11.5 Å². The molecule has 2 amide bonds. The first-order chi connectivity index (χ1) is 4.54. The molecule has 0 aliphatic carbocycles. The van der Waals surface area contributed by atoms with E-state index < -0.39 is 11.8 Å². The van der Waals surface area contributed by atoms with Crippen LogP contribution in [0.25, 0.3) is 0 Å². The van der Waals surface area contributed by atoms with Crippen LogP contribution in [0.5, 0.6) is 0 Å². The first-order valence-corrected chi connectivity index (χ1v) is 2.50. The second kappa shape index (κ2) is 3.45. The minimum absolute atomic E-state index is 0.0544. The van der Waals surface area contributed by atoms with Gasteiger partial charge in [0.25, 0.3) is 0 Å². The predicted molar refractivity (Wildman–Crippen MR) is 36.7 cm³/mol. The van der Waals surface area contributed by atoms with Gasteiger partial charge >= 0.3 is 0 Å². The molecule has 0 unspecified atom stereocenters. The van der Waals surface area contributed by atoms with Crippen LogP contribution < -0.4 is 11.5 Å². The van der Waals surface area contributed by atoms with Gasteiger partial charge in [-0.05, 0) is 6.08 Å². The molecule has 0 saturated carbocycles. The lowest BCUT2D eigenvalue weighted by molar-refractivity contribution is -0.114. The smallest absolute Gasteiger partial charge is 0.248 e. The summed E-state index contributed by atoms with van der Waals surface area (Å²) < 4.78 is 0. The highest BCUT2D eigenvalue weighted by atomic mass is 16.1. The maximum atomic E-state index is 10.2. The van der Waals surface area contributed by atoms with Gasteiger partial charge in [-0.15, -0.1) is 0 Å². The Kier molecular flexibility index (Phi) is 2.90. The number of carbonyl (C=O) groups is 2. The molecule has 4 heteroatoms. The largest absolute Gasteiger partial charge is 0.366 e. The van der Waals surface area contributed by atoms with Gasteiger partial charge in [0.05, 0.1) is 0 Å². The number of nitrogens with two attached hydrogens (primary N) is 2. The highest BCUT2D eigenvalue weighted by molar-refractivity contribution is 5.96. The van der Waals surface area contributed by atoms with E-state index in [2.05, 4.69) is 6.58 Å². The fourth-order valence-electron chi connectivity index (χ4n) is 0.265. The number of hydrogen-bond donors (Lipinski definition) is 2. The zero-order chi connectivity index (χ0) is 8.15. The maximum Gasteiger partial charge on any atom is 0.248 e. The van der Waals surface area contributed by atoms with Crippen molar-refractivity contribution in [1.82, 2.24) is 0 Å². The molecule has 0 atom stereocenters. The van der Waals surface area contributed by atoms with Crippen molar-refractivity contribution in [3.8, 4) is 0 Å². The van der Waals surface area contributed by atoms with E-state index in [1.54, 1.807) is 0 Å². The molecule has 0 aliphatic heterocycles. The van der Waals surface area contributed by atoms with Crippen LogP contribution in [0.2, 0.25) is 0 Å². The van der Waals surface area contributed by atoms with Gasteiger partial charge in [-0.1, -0.05) is 6.58 Å². The Bertz CT molecular complexity index is 206. The van der Waals surface area contributed by atoms with E-state index >= 15 is 0 Å². The fraction of sp³-hybridized carbons (Fsp3) is 0. The Balaban J connectivity index is 4.03. The lowest BCUT2D eigenvalue weighted by atomic mass is 10.2. The van der Waals surface area contributed by atoms with Crippen molar-refractivity contribution < 1.29 is 9.59 Å². The zero-order valence-corrected chi connectivity index (χ0v) is 5.33. The summed E-state index contributed by atoms with van der Waals surface area (Å²) >= 11 is 0. The number of amides is 2. The molecular weight excluding hydrogens is 132 g/mol. The van der Waals surface area contributed by atoms with E-state index in [1.165, 1.54) is 6.08 Å². The molecule has 0 aromatic rings. The summed E-state index contributed by atoms with van der Waals surface area (Å²) in [4.78, 5) is 20.3. The van der Waals surface area contributed by atoms with Crippen molar-refractivity contribution in [2.45, 2.75) is 0 Å². The van der Waals surface area contributed by atoms with Crippen LogP contribution in [0.3, 0.4) is 0 Å². The van der Waals surface area contributed by atoms with Crippen LogP contribution in [-0.2, 0) is 9.59 Å². The van der Waals surface area contributed by atoms with Crippen molar-refractivity contribution in [3.63, 3.8) is 0 Å². The van der Waals surface area contributed by atoms with E-state index in [4.69, 9.17) is 11.5 Å². The van der Waals surface area contributed by atoms with E-state index in [0.29, 0.717) is 0 Å². The summed E-state index contributed by atoms with van der Waals surface area (Å²) in [6.45, 7) is 3.26. The predicted octanol–water partition coefficient (Wildman–Crippen LogP) is -0.931. The first-order valence-electron chi connectivity index (χ1n) is 2.50. The summed E-state index contributed by atoms with van der Waals surface area (Å²) in [6.07, 6.45) is 2.19. The third-order valence-electron chi connectivity index (χ3n) is 0.765. The average molecular weight is 140 g/mol. The standard InChI is InChI=1S/C6H8N2O2/c1-4(6(8)10)2-3-5(7)9/h2-3H,1H2,(H2,7,9)(H2,8,10). The van der Waals surface area contributed by atoms with Gasteiger partial charge in [0.15, 0.2) is 0 Å². The van der Waals surface area contributed by atoms with E-state index in [1.807, 2.05) is 0 Å². The molecule has 10 heavy (non-hydrogen) atoms. The SMILES string of the molecule is C=C(C=CC(N)=O)C(N)=O. The van der Waals surface area contributed by atoms with Crippen molar-refractivity contribution in [1.29, 1.82) is 0 Å². The van der Waals surface area contributed by atoms with Crippen LogP contribution in [0.1, 0.15) is 0 Å². The molecule has 0 aromatic carbocycles. The number of carbonyl (C=O) groups excluding carboxylic acids is 2. The molecular formula is C6H8N2O2. The van der Waals surface area contributed by atoms with Crippen molar-refractivity contribution in [3.05, 3.63) is 24.3 Å². The second-order valence-electron chi connectivity index (χ2n) is 1.63. The zero-order valence-electron chi connectivity index (χ0n) is 5.33. The van der Waals surface area contributed by atoms with Crippen LogP contribution >= 0.6 is 0 Å². The quantitative estimate of drug-likeness (QED) is 0.392. The topological polar surface area (TPSA) is 86.2 Å². The summed E-state index contributed by atoms with van der Waals surface area (Å²) in [6, 6.07) is 0. The van der Waals surface area contributed by atoms with E-state index in [9.17, 15) is 9.59 Å². The molecule has 0 spiro atoms. The molecule has 0 aliphatic rings. The minimum atomic E-state index is -0.669. The first kappa shape index (κ1) is 8.42. The molecule has 4 N–H and O–H groups in total. The molecule has 54 valence electrons. The normalized spacial score (nSPS) is 9.60. The van der Waals surface area contributed by atoms with E-state index in [-0.39, 0.29) is 5.57 Å². The summed E-state index contributed by atoms with van der Waals surface area (Å²) in [5.74, 6) is -1.31. The van der Waals surface area contributed by atoms with Crippen LogP contribution in [0.15, 0.2) is 24.3 Å². The third-order valence-corrected chi connectivity index (χ3v) is 0.765. The Morgan fingerprint density at radius 3 is 2.00 bits per heavy atom. The average Bonchev–Trinajstić information content (AvgIpc) is 1.82. The molecule has 0 heterocycles. The Hall–Kier alpha value is -1.58. The molecule has 0 saturated heterocycles. The highest BCUT2D eigenvalue weighted by Gasteiger charge is 1.94. The van der Waals surface area contributed by atoms with Gasteiger partial charge in [-0.25, -0.2) is 0 Å². The van der Waals surface area contributed by atoms with Gasteiger partial charge in [-0.3, -0.25) is 9.59 Å². The lowest BCUT2D eigenvalue weighted by Crippen LogP contribution is -2.12. The molecule has 0 bridgehead atoms. The fourth-order valence-corrected chi connectivity index (χ4v) is 0.265. The van der Waals surface area contributed by atoms with Gasteiger partial charge in [0, 0.05) is 11.6 Å². The number of primary amides is 2. The Morgan fingerprint density at radius 2 is 1.70 bits per heavy atom. The van der Waals surface area contributed by atoms with Crippen molar-refractivity contribution >= 4 is 11.8 Å². The second-order valence-corrected chi connectivity index (χ2v) is 1.63. The summed E-state index contributed by atoms with van der Waals surface area (Å²) in [5.41, 5.74) is 9.56. The highest BCUT2D eigenvalue weighted by Crippen LogP contribution is 1.88.